The summed E-state index contributed by atoms with van der Waals surface area (Å²) >= 11 is 1.28. The molecular formula is C25H25F3N4O2S. The van der Waals surface area contributed by atoms with E-state index in [0.717, 1.165) is 21.7 Å². The zero-order chi connectivity index (χ0) is 25.2. The lowest BCUT2D eigenvalue weighted by molar-refractivity contribution is -0.257. The van der Waals surface area contributed by atoms with E-state index in [0.29, 0.717) is 16.6 Å². The van der Waals surface area contributed by atoms with E-state index in [1.807, 2.05) is 43.3 Å². The molecule has 1 atom stereocenters. The molecule has 0 saturated carbocycles. The van der Waals surface area contributed by atoms with Crippen molar-refractivity contribution in [1.82, 2.24) is 14.7 Å². The van der Waals surface area contributed by atoms with E-state index in [1.54, 1.807) is 40.7 Å². The highest BCUT2D eigenvalue weighted by molar-refractivity contribution is 7.08. The Balaban J connectivity index is 1.63. The number of hydrogen-bond acceptors (Lipinski definition) is 5. The highest BCUT2D eigenvalue weighted by atomic mass is 32.1. The number of fused-ring (bicyclic) bond motifs is 1. The van der Waals surface area contributed by atoms with E-state index < -0.39 is 30.8 Å². The van der Waals surface area contributed by atoms with E-state index in [9.17, 15) is 23.1 Å². The summed E-state index contributed by atoms with van der Waals surface area (Å²) in [6.07, 6.45) is -3.39. The summed E-state index contributed by atoms with van der Waals surface area (Å²) in [4.78, 5) is 13.7. The van der Waals surface area contributed by atoms with Gasteiger partial charge in [0.1, 0.15) is 0 Å². The van der Waals surface area contributed by atoms with Crippen molar-refractivity contribution in [2.75, 3.05) is 25.0 Å². The zero-order valence-corrected chi connectivity index (χ0v) is 20.0. The number of benzene rings is 2. The maximum Gasteiger partial charge on any atom is 0.420 e. The molecule has 184 valence electrons. The van der Waals surface area contributed by atoms with Crippen LogP contribution < -0.4 is 5.32 Å². The Kier molecular flexibility index (Phi) is 6.86. The summed E-state index contributed by atoms with van der Waals surface area (Å²) < 4.78 is 44.0. The molecule has 6 nitrogen and oxygen atoms in total. The number of aliphatic hydroxyl groups is 1. The highest BCUT2D eigenvalue weighted by Gasteiger charge is 2.55. The number of likely N-dealkylation sites (N-methyl/N-ethyl adjacent to an activating group) is 1. The third-order valence-electron chi connectivity index (χ3n) is 5.82. The average molecular weight is 503 g/mol. The highest BCUT2D eigenvalue weighted by Crippen LogP contribution is 2.34. The molecule has 0 aliphatic carbocycles. The van der Waals surface area contributed by atoms with Crippen LogP contribution in [0.4, 0.5) is 18.9 Å². The number of carbonyl (C=O) groups excluding carboxylic acids is 1. The molecule has 0 aliphatic rings. The van der Waals surface area contributed by atoms with Crippen LogP contribution in [0, 0.1) is 6.92 Å². The van der Waals surface area contributed by atoms with Crippen molar-refractivity contribution in [3.63, 3.8) is 0 Å². The molecule has 35 heavy (non-hydrogen) atoms. The third-order valence-corrected chi connectivity index (χ3v) is 6.51. The molecular weight excluding hydrogens is 477 g/mol. The van der Waals surface area contributed by atoms with E-state index in [2.05, 4.69) is 10.4 Å². The monoisotopic (exact) mass is 502 g/mol. The first kappa shape index (κ1) is 24.7. The molecule has 4 rings (SSSR count). The fraction of sp³-hybridized carbons (Fsp3) is 0.280. The molecule has 4 aromatic rings. The van der Waals surface area contributed by atoms with E-state index in [-0.39, 0.29) is 6.54 Å². The molecule has 1 unspecified atom stereocenters. The molecule has 0 fully saturated rings. The standard InChI is InChI=1S/C25H25F3N4O2S/c1-3-31(23(33)18-9-10-35-14-18)16-24(34,25(26,27)28)15-29-21-11-17(2)12-22-20(21)13-30-32(22)19-7-5-4-6-8-19/h4-14,29,34H,3,15-16H2,1-2H3. The smallest absolute Gasteiger partial charge is 0.381 e. The number of nitrogens with zero attached hydrogens (tertiary/aromatic N) is 3. The predicted octanol–water partition coefficient (Wildman–Crippen LogP) is 5.26. The van der Waals surface area contributed by atoms with Gasteiger partial charge in [0, 0.05) is 23.0 Å². The van der Waals surface area contributed by atoms with Gasteiger partial charge in [-0.25, -0.2) is 4.68 Å². The Labute approximate surface area is 204 Å². The summed E-state index contributed by atoms with van der Waals surface area (Å²) in [6.45, 7) is 1.70. The Hall–Kier alpha value is -3.37. The van der Waals surface area contributed by atoms with Crippen molar-refractivity contribution < 1.29 is 23.1 Å². The number of nitrogens with one attached hydrogen (secondary N) is 1. The van der Waals surface area contributed by atoms with Gasteiger partial charge in [-0.1, -0.05) is 18.2 Å². The molecule has 2 N–H and O–H groups in total. The van der Waals surface area contributed by atoms with Crippen LogP contribution >= 0.6 is 11.3 Å². The van der Waals surface area contributed by atoms with Crippen LogP contribution in [0.25, 0.3) is 16.6 Å². The van der Waals surface area contributed by atoms with Gasteiger partial charge in [-0.15, -0.1) is 0 Å². The van der Waals surface area contributed by atoms with Crippen LogP contribution in [0.2, 0.25) is 0 Å². The second-order valence-electron chi connectivity index (χ2n) is 8.35. The SMILES string of the molecule is CCN(CC(O)(CNc1cc(C)cc2c1cnn2-c1ccccc1)C(F)(F)F)C(=O)c1ccsc1. The van der Waals surface area contributed by atoms with Crippen LogP contribution in [-0.2, 0) is 0 Å². The van der Waals surface area contributed by atoms with Crippen LogP contribution in [0.1, 0.15) is 22.8 Å². The summed E-state index contributed by atoms with van der Waals surface area (Å²) in [7, 11) is 0. The van der Waals surface area contributed by atoms with Crippen LogP contribution in [0.5, 0.6) is 0 Å². The first-order chi connectivity index (χ1) is 16.6. The second kappa shape index (κ2) is 9.71. The molecule has 0 radical (unpaired) electrons. The van der Waals surface area contributed by atoms with Gasteiger partial charge in [-0.3, -0.25) is 4.79 Å². The third kappa shape index (κ3) is 5.03. The number of para-hydroxylation sites is 1. The van der Waals surface area contributed by atoms with E-state index >= 15 is 0 Å². The molecule has 0 saturated heterocycles. The number of alkyl halides is 3. The number of carbonyl (C=O) groups is 1. The molecule has 2 aromatic carbocycles. The lowest BCUT2D eigenvalue weighted by Gasteiger charge is -2.35. The molecule has 0 bridgehead atoms. The van der Waals surface area contributed by atoms with Gasteiger partial charge in [-0.05, 0) is 55.1 Å². The summed E-state index contributed by atoms with van der Waals surface area (Å²) in [5.41, 5.74) is -0.107. The number of amides is 1. The Morgan fingerprint density at radius 2 is 1.94 bits per heavy atom. The van der Waals surface area contributed by atoms with Crippen molar-refractivity contribution in [1.29, 1.82) is 0 Å². The Bertz CT molecular complexity index is 1310. The zero-order valence-electron chi connectivity index (χ0n) is 19.2. The van der Waals surface area contributed by atoms with Crippen LogP contribution in [-0.4, -0.2) is 57.1 Å². The van der Waals surface area contributed by atoms with Gasteiger partial charge in [-0.2, -0.15) is 29.6 Å². The lowest BCUT2D eigenvalue weighted by Crippen LogP contribution is -2.58. The molecule has 2 heterocycles. The van der Waals surface area contributed by atoms with Crippen molar-refractivity contribution in [2.24, 2.45) is 0 Å². The fourth-order valence-corrected chi connectivity index (χ4v) is 4.52. The summed E-state index contributed by atoms with van der Waals surface area (Å²) in [5, 5.41) is 21.8. The molecule has 2 aromatic heterocycles. The largest absolute Gasteiger partial charge is 0.420 e. The summed E-state index contributed by atoms with van der Waals surface area (Å²) in [5.74, 6) is -0.557. The number of rotatable bonds is 8. The predicted molar refractivity (Wildman–Crippen MR) is 131 cm³/mol. The van der Waals surface area contributed by atoms with Gasteiger partial charge < -0.3 is 15.3 Å². The molecule has 0 aliphatic heterocycles. The van der Waals surface area contributed by atoms with E-state index in [4.69, 9.17) is 0 Å². The Morgan fingerprint density at radius 3 is 2.57 bits per heavy atom. The molecule has 10 heteroatoms. The van der Waals surface area contributed by atoms with Gasteiger partial charge in [0.2, 0.25) is 0 Å². The minimum Gasteiger partial charge on any atom is -0.381 e. The first-order valence-electron chi connectivity index (χ1n) is 11.0. The van der Waals surface area contributed by atoms with Gasteiger partial charge in [0.25, 0.3) is 5.91 Å². The topological polar surface area (TPSA) is 70.4 Å². The summed E-state index contributed by atoms with van der Waals surface area (Å²) in [6, 6.07) is 14.6. The molecule has 0 spiro atoms. The minimum absolute atomic E-state index is 0.0195. The number of aromatic nitrogens is 2. The van der Waals surface area contributed by atoms with Gasteiger partial charge in [0.05, 0.1) is 36.1 Å². The normalized spacial score (nSPS) is 13.5. The van der Waals surface area contributed by atoms with E-state index in [1.165, 1.54) is 11.3 Å². The Morgan fingerprint density at radius 1 is 1.20 bits per heavy atom. The number of halogens is 3. The van der Waals surface area contributed by atoms with Crippen LogP contribution in [0.15, 0.2) is 65.5 Å². The van der Waals surface area contributed by atoms with Crippen molar-refractivity contribution in [3.8, 4) is 5.69 Å². The molecule has 1 amide bonds. The second-order valence-corrected chi connectivity index (χ2v) is 9.13. The maximum absolute atomic E-state index is 14.1. The fourth-order valence-electron chi connectivity index (χ4n) is 3.89. The maximum atomic E-state index is 14.1. The number of hydrogen-bond donors (Lipinski definition) is 2. The van der Waals surface area contributed by atoms with Gasteiger partial charge in [0.15, 0.2) is 5.60 Å². The van der Waals surface area contributed by atoms with Crippen molar-refractivity contribution in [3.05, 3.63) is 76.6 Å². The van der Waals surface area contributed by atoms with Crippen LogP contribution in [0.3, 0.4) is 0 Å². The average Bonchev–Trinajstić information content (AvgIpc) is 3.51. The van der Waals surface area contributed by atoms with Crippen molar-refractivity contribution in [2.45, 2.75) is 25.6 Å². The minimum atomic E-state index is -4.97. The van der Waals surface area contributed by atoms with Crippen molar-refractivity contribution >= 4 is 33.8 Å². The quantitative estimate of drug-likeness (QED) is 0.345. The first-order valence-corrected chi connectivity index (χ1v) is 12.0. The number of aryl methyl sites for hydroxylation is 1. The van der Waals surface area contributed by atoms with Gasteiger partial charge >= 0.3 is 6.18 Å². The number of anilines is 1. The lowest BCUT2D eigenvalue weighted by atomic mass is 10.0. The number of thiophene rings is 1.